The van der Waals surface area contributed by atoms with Crippen molar-refractivity contribution >= 4 is 34.7 Å². The summed E-state index contributed by atoms with van der Waals surface area (Å²) in [5, 5.41) is 2.79. The average Bonchev–Trinajstić information content (AvgIpc) is 2.64. The van der Waals surface area contributed by atoms with E-state index in [0.717, 1.165) is 17.6 Å². The number of rotatable bonds is 1. The monoisotopic (exact) mass is 233 g/mol. The average molecular weight is 233 g/mol. The van der Waals surface area contributed by atoms with Crippen LogP contribution in [0.3, 0.4) is 0 Å². The van der Waals surface area contributed by atoms with Crippen LogP contribution in [0.4, 0.5) is 5.95 Å². The molecule has 0 bridgehead atoms. The SMILES string of the molecule is CSc1ccc2c(c1)nc1n2CCC(=O)N1. The number of aryl methyl sites for hydroxylation is 1. The van der Waals surface area contributed by atoms with Crippen molar-refractivity contribution in [3.63, 3.8) is 0 Å². The van der Waals surface area contributed by atoms with Crippen LogP contribution in [0, 0.1) is 0 Å². The molecule has 1 aliphatic heterocycles. The van der Waals surface area contributed by atoms with E-state index in [1.54, 1.807) is 11.8 Å². The summed E-state index contributed by atoms with van der Waals surface area (Å²) in [5.74, 6) is 0.720. The van der Waals surface area contributed by atoms with E-state index in [-0.39, 0.29) is 5.91 Å². The van der Waals surface area contributed by atoms with Crippen LogP contribution in [0.15, 0.2) is 23.1 Å². The molecule has 0 aliphatic carbocycles. The van der Waals surface area contributed by atoms with E-state index in [1.165, 1.54) is 4.90 Å². The molecule has 0 fully saturated rings. The molecular weight excluding hydrogens is 222 g/mol. The summed E-state index contributed by atoms with van der Waals surface area (Å²) in [6, 6.07) is 6.20. The van der Waals surface area contributed by atoms with Crippen LogP contribution in [-0.4, -0.2) is 21.7 Å². The fraction of sp³-hybridized carbons (Fsp3) is 0.273. The third kappa shape index (κ3) is 1.39. The number of nitrogens with zero attached hydrogens (tertiary/aromatic N) is 2. The Balaban J connectivity index is 2.20. The summed E-state index contributed by atoms with van der Waals surface area (Å²) in [7, 11) is 0. The summed E-state index contributed by atoms with van der Waals surface area (Å²) in [4.78, 5) is 16.9. The van der Waals surface area contributed by atoms with Crippen molar-refractivity contribution in [3.8, 4) is 0 Å². The van der Waals surface area contributed by atoms with Crippen LogP contribution in [0.1, 0.15) is 6.42 Å². The quantitative estimate of drug-likeness (QED) is 0.767. The van der Waals surface area contributed by atoms with Gasteiger partial charge in [-0.1, -0.05) is 0 Å². The van der Waals surface area contributed by atoms with E-state index in [4.69, 9.17) is 0 Å². The highest BCUT2D eigenvalue weighted by Crippen LogP contribution is 2.26. The largest absolute Gasteiger partial charge is 0.309 e. The second-order valence-electron chi connectivity index (χ2n) is 3.74. The number of hydrogen-bond donors (Lipinski definition) is 1. The highest BCUT2D eigenvalue weighted by molar-refractivity contribution is 7.98. The molecule has 2 aromatic rings. The first-order chi connectivity index (χ1) is 7.78. The number of imidazole rings is 1. The zero-order valence-corrected chi connectivity index (χ0v) is 9.67. The van der Waals surface area contributed by atoms with Gasteiger partial charge in [0.15, 0.2) is 0 Å². The number of carbonyl (C=O) groups excluding carboxylic acids is 1. The fourth-order valence-corrected chi connectivity index (χ4v) is 2.39. The van der Waals surface area contributed by atoms with Crippen LogP contribution in [0.2, 0.25) is 0 Å². The summed E-state index contributed by atoms with van der Waals surface area (Å²) in [5.41, 5.74) is 2.04. The molecule has 1 aromatic carbocycles. The van der Waals surface area contributed by atoms with Crippen molar-refractivity contribution in [2.75, 3.05) is 11.6 Å². The fourth-order valence-electron chi connectivity index (χ4n) is 1.96. The van der Waals surface area contributed by atoms with E-state index in [1.807, 2.05) is 6.26 Å². The highest BCUT2D eigenvalue weighted by atomic mass is 32.2. The van der Waals surface area contributed by atoms with Crippen LogP contribution >= 0.6 is 11.8 Å². The van der Waals surface area contributed by atoms with Gasteiger partial charge in [0.25, 0.3) is 0 Å². The Bertz CT molecular complexity index is 576. The van der Waals surface area contributed by atoms with E-state index in [2.05, 4.69) is 33.1 Å². The second kappa shape index (κ2) is 3.52. The number of nitrogens with one attached hydrogen (secondary N) is 1. The lowest BCUT2D eigenvalue weighted by atomic mass is 10.3. The number of fused-ring (bicyclic) bond motifs is 3. The van der Waals surface area contributed by atoms with Gasteiger partial charge in [0.1, 0.15) is 0 Å². The van der Waals surface area contributed by atoms with E-state index < -0.39 is 0 Å². The summed E-state index contributed by atoms with van der Waals surface area (Å²) >= 11 is 1.69. The summed E-state index contributed by atoms with van der Waals surface area (Å²) < 4.78 is 2.06. The van der Waals surface area contributed by atoms with Gasteiger partial charge in [0.05, 0.1) is 11.0 Å². The maximum Gasteiger partial charge on any atom is 0.228 e. The number of benzene rings is 1. The van der Waals surface area contributed by atoms with Crippen molar-refractivity contribution in [2.45, 2.75) is 17.9 Å². The second-order valence-corrected chi connectivity index (χ2v) is 4.62. The first-order valence-corrected chi connectivity index (χ1v) is 6.34. The Kier molecular flexibility index (Phi) is 2.14. The normalized spacial score (nSPS) is 14.9. The van der Waals surface area contributed by atoms with Gasteiger partial charge >= 0.3 is 0 Å². The lowest BCUT2D eigenvalue weighted by Gasteiger charge is -2.14. The van der Waals surface area contributed by atoms with Crippen molar-refractivity contribution in [2.24, 2.45) is 0 Å². The third-order valence-corrected chi connectivity index (χ3v) is 3.49. The predicted octanol–water partition coefficient (Wildman–Crippen LogP) is 2.10. The van der Waals surface area contributed by atoms with Crippen LogP contribution in [0.5, 0.6) is 0 Å². The molecular formula is C11H11N3OS. The minimum absolute atomic E-state index is 0.0490. The Morgan fingerprint density at radius 3 is 3.19 bits per heavy atom. The minimum atomic E-state index is 0.0490. The maximum absolute atomic E-state index is 11.3. The first-order valence-electron chi connectivity index (χ1n) is 5.12. The number of carbonyl (C=O) groups is 1. The van der Waals surface area contributed by atoms with Crippen molar-refractivity contribution < 1.29 is 4.79 Å². The topological polar surface area (TPSA) is 46.9 Å². The van der Waals surface area contributed by atoms with Crippen LogP contribution in [0.25, 0.3) is 11.0 Å². The molecule has 1 aliphatic rings. The lowest BCUT2D eigenvalue weighted by Crippen LogP contribution is -2.23. The molecule has 2 heterocycles. The standard InChI is InChI=1S/C11H11N3OS/c1-16-7-2-3-9-8(6-7)12-11-13-10(15)4-5-14(9)11/h2-3,6H,4-5H2,1H3,(H,12,13,15). The van der Waals surface area contributed by atoms with Gasteiger partial charge in [0.2, 0.25) is 11.9 Å². The van der Waals surface area contributed by atoms with Crippen molar-refractivity contribution in [3.05, 3.63) is 18.2 Å². The Labute approximate surface area is 97.0 Å². The molecule has 82 valence electrons. The number of anilines is 1. The smallest absolute Gasteiger partial charge is 0.228 e. The van der Waals surface area contributed by atoms with E-state index >= 15 is 0 Å². The molecule has 3 rings (SSSR count). The molecule has 0 atom stereocenters. The van der Waals surface area contributed by atoms with Gasteiger partial charge < -0.3 is 4.57 Å². The van der Waals surface area contributed by atoms with Gasteiger partial charge in [-0.15, -0.1) is 11.8 Å². The molecule has 1 aromatic heterocycles. The molecule has 0 radical (unpaired) electrons. The molecule has 0 saturated carbocycles. The van der Waals surface area contributed by atoms with Gasteiger partial charge in [-0.05, 0) is 24.5 Å². The molecule has 0 unspecified atom stereocenters. The van der Waals surface area contributed by atoms with Gasteiger partial charge in [-0.2, -0.15) is 0 Å². The molecule has 1 N–H and O–H groups in total. The van der Waals surface area contributed by atoms with Crippen molar-refractivity contribution in [1.29, 1.82) is 0 Å². The predicted molar refractivity (Wildman–Crippen MR) is 64.8 cm³/mol. The number of aromatic nitrogens is 2. The zero-order valence-electron chi connectivity index (χ0n) is 8.86. The molecule has 1 amide bonds. The van der Waals surface area contributed by atoms with Crippen LogP contribution < -0.4 is 5.32 Å². The third-order valence-electron chi connectivity index (χ3n) is 2.77. The van der Waals surface area contributed by atoms with Crippen molar-refractivity contribution in [1.82, 2.24) is 9.55 Å². The lowest BCUT2D eigenvalue weighted by molar-refractivity contribution is -0.116. The first kappa shape index (κ1) is 9.72. The molecule has 0 saturated heterocycles. The van der Waals surface area contributed by atoms with Crippen LogP contribution in [-0.2, 0) is 11.3 Å². The van der Waals surface area contributed by atoms with Gasteiger partial charge in [-0.25, -0.2) is 4.98 Å². The van der Waals surface area contributed by atoms with Gasteiger partial charge in [0, 0.05) is 17.9 Å². The van der Waals surface area contributed by atoms with Gasteiger partial charge in [-0.3, -0.25) is 10.1 Å². The summed E-state index contributed by atoms with van der Waals surface area (Å²) in [6.45, 7) is 0.719. The number of thioether (sulfide) groups is 1. The summed E-state index contributed by atoms with van der Waals surface area (Å²) in [6.07, 6.45) is 2.57. The highest BCUT2D eigenvalue weighted by Gasteiger charge is 2.18. The Morgan fingerprint density at radius 2 is 2.38 bits per heavy atom. The minimum Gasteiger partial charge on any atom is -0.309 e. The molecule has 0 spiro atoms. The Morgan fingerprint density at radius 1 is 1.50 bits per heavy atom. The maximum atomic E-state index is 11.3. The molecule has 4 nitrogen and oxygen atoms in total. The van der Waals surface area contributed by atoms with E-state index in [9.17, 15) is 4.79 Å². The number of amides is 1. The molecule has 16 heavy (non-hydrogen) atoms. The molecule has 5 heteroatoms. The van der Waals surface area contributed by atoms with E-state index in [0.29, 0.717) is 12.4 Å². The number of hydrogen-bond acceptors (Lipinski definition) is 3. The Hall–Kier alpha value is -1.49. The zero-order chi connectivity index (χ0) is 11.1.